The molecule has 28 heavy (non-hydrogen) atoms. The molecule has 0 saturated heterocycles. The van der Waals surface area contributed by atoms with Crippen molar-refractivity contribution in [1.82, 2.24) is 9.72 Å². The molecule has 2 heterocycles. The average Bonchev–Trinajstić information content (AvgIpc) is 3.23. The Hall–Kier alpha value is -3.22. The molecule has 0 unspecified atom stereocenters. The van der Waals surface area contributed by atoms with Crippen molar-refractivity contribution in [2.24, 2.45) is 0 Å². The molecule has 0 aliphatic heterocycles. The Bertz CT molecular complexity index is 1000. The first-order valence-electron chi connectivity index (χ1n) is 8.90. The number of ether oxygens (including phenoxy) is 1. The van der Waals surface area contributed by atoms with E-state index in [9.17, 15) is 14.0 Å². The molecule has 0 aliphatic rings. The number of Topliss-reactive ketones (excluding diaryl/α,β-unsaturated/α-hetero) is 1. The Morgan fingerprint density at radius 1 is 1.14 bits per heavy atom. The largest absolute Gasteiger partial charge is 0.451 e. The quantitative estimate of drug-likeness (QED) is 0.457. The van der Waals surface area contributed by atoms with Crippen LogP contribution >= 0.6 is 0 Å². The first-order chi connectivity index (χ1) is 13.3. The van der Waals surface area contributed by atoms with E-state index in [0.29, 0.717) is 24.2 Å². The van der Waals surface area contributed by atoms with E-state index in [1.807, 2.05) is 18.4 Å². The van der Waals surface area contributed by atoms with E-state index in [4.69, 9.17) is 9.26 Å². The van der Waals surface area contributed by atoms with Crippen molar-refractivity contribution in [2.75, 3.05) is 6.61 Å². The molecule has 0 radical (unpaired) electrons. The lowest BCUT2D eigenvalue weighted by Gasteiger charge is -2.10. The second-order valence-corrected chi connectivity index (χ2v) is 6.64. The molecule has 0 fully saturated rings. The van der Waals surface area contributed by atoms with Crippen molar-refractivity contribution in [2.45, 2.75) is 33.7 Å². The fourth-order valence-electron chi connectivity index (χ4n) is 3.06. The third-order valence-electron chi connectivity index (χ3n) is 4.57. The summed E-state index contributed by atoms with van der Waals surface area (Å²) in [6, 6.07) is 9.61. The summed E-state index contributed by atoms with van der Waals surface area (Å²) in [5.74, 6) is -1.31. The number of hydrogen-bond donors (Lipinski definition) is 0. The van der Waals surface area contributed by atoms with Crippen LogP contribution in [-0.2, 0) is 17.7 Å². The highest BCUT2D eigenvalue weighted by Gasteiger charge is 2.19. The van der Waals surface area contributed by atoms with Gasteiger partial charge in [0, 0.05) is 29.6 Å². The normalized spacial score (nSPS) is 10.9. The molecule has 6 nitrogen and oxygen atoms in total. The van der Waals surface area contributed by atoms with E-state index in [-0.39, 0.29) is 24.0 Å². The third kappa shape index (κ3) is 4.36. The molecule has 0 saturated carbocycles. The predicted octanol–water partition coefficient (Wildman–Crippen LogP) is 3.82. The van der Waals surface area contributed by atoms with Crippen LogP contribution in [0.5, 0.6) is 0 Å². The fraction of sp³-hybridized carbons (Fsp3) is 0.286. The lowest BCUT2D eigenvalue weighted by atomic mass is 10.1. The lowest BCUT2D eigenvalue weighted by Crippen LogP contribution is -2.15. The number of ketones is 1. The highest BCUT2D eigenvalue weighted by atomic mass is 19.1. The summed E-state index contributed by atoms with van der Waals surface area (Å²) < 4.78 is 24.9. The SMILES string of the molecule is Cc1cc(C(=O)OCC(=O)c2cc(C)n(CCc3ccc(F)cc3)c2C)on1. The van der Waals surface area contributed by atoms with E-state index >= 15 is 0 Å². The van der Waals surface area contributed by atoms with Crippen molar-refractivity contribution in [3.05, 3.63) is 76.2 Å². The number of hydrogen-bond acceptors (Lipinski definition) is 5. The van der Waals surface area contributed by atoms with Gasteiger partial charge in [0.15, 0.2) is 6.61 Å². The van der Waals surface area contributed by atoms with Gasteiger partial charge < -0.3 is 13.8 Å². The van der Waals surface area contributed by atoms with Crippen LogP contribution in [0.3, 0.4) is 0 Å². The zero-order chi connectivity index (χ0) is 20.3. The maximum Gasteiger partial charge on any atom is 0.377 e. The van der Waals surface area contributed by atoms with E-state index in [1.54, 1.807) is 25.1 Å². The highest BCUT2D eigenvalue weighted by molar-refractivity contribution is 6.00. The Morgan fingerprint density at radius 2 is 1.86 bits per heavy atom. The summed E-state index contributed by atoms with van der Waals surface area (Å²) in [5, 5.41) is 3.62. The van der Waals surface area contributed by atoms with Crippen LogP contribution in [-0.4, -0.2) is 28.1 Å². The minimum atomic E-state index is -0.723. The number of esters is 1. The predicted molar refractivity (Wildman–Crippen MR) is 99.9 cm³/mol. The van der Waals surface area contributed by atoms with Crippen LogP contribution in [0.1, 0.15) is 43.6 Å². The molecular weight excluding hydrogens is 363 g/mol. The number of carbonyl (C=O) groups is 2. The first-order valence-corrected chi connectivity index (χ1v) is 8.90. The van der Waals surface area contributed by atoms with Gasteiger partial charge in [0.2, 0.25) is 11.5 Å². The molecule has 0 bridgehead atoms. The third-order valence-corrected chi connectivity index (χ3v) is 4.57. The van der Waals surface area contributed by atoms with E-state index in [0.717, 1.165) is 17.0 Å². The number of aromatic nitrogens is 2. The van der Waals surface area contributed by atoms with Crippen molar-refractivity contribution in [3.8, 4) is 0 Å². The van der Waals surface area contributed by atoms with Gasteiger partial charge >= 0.3 is 5.97 Å². The summed E-state index contributed by atoms with van der Waals surface area (Å²) in [4.78, 5) is 24.4. The number of rotatable bonds is 7. The van der Waals surface area contributed by atoms with Crippen molar-refractivity contribution >= 4 is 11.8 Å². The maximum absolute atomic E-state index is 13.0. The number of halogens is 1. The molecule has 7 heteroatoms. The van der Waals surface area contributed by atoms with Crippen LogP contribution in [0, 0.1) is 26.6 Å². The molecule has 0 atom stereocenters. The second kappa shape index (κ2) is 8.21. The van der Waals surface area contributed by atoms with Gasteiger partial charge in [0.25, 0.3) is 0 Å². The Balaban J connectivity index is 1.64. The average molecular weight is 384 g/mol. The Kier molecular flexibility index (Phi) is 5.73. The van der Waals surface area contributed by atoms with Gasteiger partial charge in [0.1, 0.15) is 5.82 Å². The summed E-state index contributed by atoms with van der Waals surface area (Å²) in [6.45, 7) is 5.74. The summed E-state index contributed by atoms with van der Waals surface area (Å²) >= 11 is 0. The van der Waals surface area contributed by atoms with Gasteiger partial charge in [0.05, 0.1) is 5.69 Å². The number of carbonyl (C=O) groups excluding carboxylic acids is 2. The topological polar surface area (TPSA) is 74.3 Å². The fourth-order valence-corrected chi connectivity index (χ4v) is 3.06. The Morgan fingerprint density at radius 3 is 2.50 bits per heavy atom. The molecule has 3 aromatic rings. The van der Waals surface area contributed by atoms with Crippen molar-refractivity contribution < 1.29 is 23.2 Å². The van der Waals surface area contributed by atoms with Gasteiger partial charge in [-0.3, -0.25) is 4.79 Å². The summed E-state index contributed by atoms with van der Waals surface area (Å²) in [5.41, 5.74) is 3.82. The molecule has 0 aliphatic carbocycles. The number of benzene rings is 1. The summed E-state index contributed by atoms with van der Waals surface area (Å²) in [7, 11) is 0. The van der Waals surface area contributed by atoms with Crippen molar-refractivity contribution in [3.63, 3.8) is 0 Å². The molecule has 146 valence electrons. The van der Waals surface area contributed by atoms with E-state index < -0.39 is 5.97 Å². The monoisotopic (exact) mass is 384 g/mol. The molecule has 0 spiro atoms. The summed E-state index contributed by atoms with van der Waals surface area (Å²) in [6.07, 6.45) is 0.712. The van der Waals surface area contributed by atoms with E-state index in [2.05, 4.69) is 5.16 Å². The maximum atomic E-state index is 13.0. The molecular formula is C21H21FN2O4. The second-order valence-electron chi connectivity index (χ2n) is 6.64. The highest BCUT2D eigenvalue weighted by Crippen LogP contribution is 2.17. The van der Waals surface area contributed by atoms with Crippen LogP contribution in [0.4, 0.5) is 4.39 Å². The smallest absolute Gasteiger partial charge is 0.377 e. The van der Waals surface area contributed by atoms with Crippen LogP contribution in [0.15, 0.2) is 40.9 Å². The van der Waals surface area contributed by atoms with Gasteiger partial charge in [-0.25, -0.2) is 9.18 Å². The number of nitrogens with zero attached hydrogens (tertiary/aromatic N) is 2. The lowest BCUT2D eigenvalue weighted by molar-refractivity contribution is 0.0435. The molecule has 3 rings (SSSR count). The van der Waals surface area contributed by atoms with Crippen LogP contribution in [0.25, 0.3) is 0 Å². The van der Waals surface area contributed by atoms with Crippen LogP contribution < -0.4 is 0 Å². The van der Waals surface area contributed by atoms with Gasteiger partial charge in [-0.2, -0.15) is 0 Å². The standard InChI is InChI=1S/C21H21FN2O4/c1-13-10-20(28-23-13)21(26)27-12-19(25)18-11-14(2)24(15(18)3)9-8-16-4-6-17(22)7-5-16/h4-7,10-11H,8-9,12H2,1-3H3. The molecule has 1 aromatic carbocycles. The molecule has 0 amide bonds. The van der Waals surface area contributed by atoms with Gasteiger partial charge in [-0.05, 0) is 51.0 Å². The minimum absolute atomic E-state index is 0.0323. The van der Waals surface area contributed by atoms with E-state index in [1.165, 1.54) is 18.2 Å². The van der Waals surface area contributed by atoms with Gasteiger partial charge in [-0.1, -0.05) is 17.3 Å². The minimum Gasteiger partial charge on any atom is -0.451 e. The van der Waals surface area contributed by atoms with Crippen LogP contribution in [0.2, 0.25) is 0 Å². The first kappa shape index (κ1) is 19.5. The number of aryl methyl sites for hydroxylation is 3. The zero-order valence-corrected chi connectivity index (χ0v) is 16.0. The van der Waals surface area contributed by atoms with Crippen molar-refractivity contribution in [1.29, 1.82) is 0 Å². The zero-order valence-electron chi connectivity index (χ0n) is 16.0. The molecule has 2 aromatic heterocycles. The van der Waals surface area contributed by atoms with Gasteiger partial charge in [-0.15, -0.1) is 0 Å². The molecule has 0 N–H and O–H groups in total. The Labute approximate surface area is 161 Å².